The summed E-state index contributed by atoms with van der Waals surface area (Å²) < 4.78 is 6.13. The van der Waals surface area contributed by atoms with Gasteiger partial charge in [0.2, 0.25) is 0 Å². The molecular weight excluding hydrogens is 286 g/mol. The summed E-state index contributed by atoms with van der Waals surface area (Å²) in [6, 6.07) is 0. The smallest absolute Gasteiger partial charge is 0.131 e. The Bertz CT molecular complexity index is 213. The highest BCUT2D eigenvalue weighted by molar-refractivity contribution is 8.22. The van der Waals surface area contributed by atoms with E-state index in [1.807, 2.05) is 0 Å². The Labute approximate surface area is 135 Å². The molecule has 0 aliphatic carbocycles. The predicted octanol–water partition coefficient (Wildman–Crippen LogP) is 5.29. The molecule has 0 atom stereocenters. The third-order valence-electron chi connectivity index (χ3n) is 3.32. The van der Waals surface area contributed by atoms with Crippen LogP contribution in [0.25, 0.3) is 0 Å². The highest BCUT2D eigenvalue weighted by Gasteiger charge is 1.94. The van der Waals surface area contributed by atoms with Gasteiger partial charge in [-0.15, -0.1) is 0 Å². The van der Waals surface area contributed by atoms with Crippen molar-refractivity contribution >= 4 is 28.3 Å². The van der Waals surface area contributed by atoms with Crippen molar-refractivity contribution < 1.29 is 4.74 Å². The highest BCUT2D eigenvalue weighted by atomic mass is 32.2. The van der Waals surface area contributed by atoms with E-state index in [1.165, 1.54) is 64.2 Å². The Morgan fingerprint density at radius 3 is 1.90 bits per heavy atom. The summed E-state index contributed by atoms with van der Waals surface area (Å²) in [4.78, 5) is 0. The van der Waals surface area contributed by atoms with Gasteiger partial charge >= 0.3 is 0 Å². The van der Waals surface area contributed by atoms with Crippen molar-refractivity contribution in [2.75, 3.05) is 19.0 Å². The Morgan fingerprint density at radius 2 is 1.35 bits per heavy atom. The monoisotopic (exact) mass is 319 g/mol. The molecule has 0 aromatic rings. The highest BCUT2D eigenvalue weighted by Crippen LogP contribution is 2.10. The fraction of sp³-hybridized carbons (Fsp3) is 0.938. The largest absolute Gasteiger partial charge is 0.385 e. The van der Waals surface area contributed by atoms with Crippen LogP contribution in [0.4, 0.5) is 0 Å². The first kappa shape index (κ1) is 20.2. The third kappa shape index (κ3) is 18.2. The lowest BCUT2D eigenvalue weighted by atomic mass is 10.1. The summed E-state index contributed by atoms with van der Waals surface area (Å²) in [6.07, 6.45) is 14.8. The molecule has 0 aliphatic heterocycles. The molecule has 2 N–H and O–H groups in total. The van der Waals surface area contributed by atoms with Crippen LogP contribution in [0.15, 0.2) is 0 Å². The van der Waals surface area contributed by atoms with Gasteiger partial charge in [-0.3, -0.25) is 0 Å². The van der Waals surface area contributed by atoms with Gasteiger partial charge < -0.3 is 10.5 Å². The second-order valence-corrected chi connectivity index (χ2v) is 7.15. The van der Waals surface area contributed by atoms with E-state index in [4.69, 9.17) is 22.7 Å². The molecule has 4 heteroatoms. The van der Waals surface area contributed by atoms with Crippen molar-refractivity contribution in [2.24, 2.45) is 5.73 Å². The summed E-state index contributed by atoms with van der Waals surface area (Å²) in [5, 5.41) is 0. The van der Waals surface area contributed by atoms with E-state index in [9.17, 15) is 0 Å². The normalized spacial score (nSPS) is 10.8. The second-order valence-electron chi connectivity index (χ2n) is 5.32. The van der Waals surface area contributed by atoms with Gasteiger partial charge in [0.05, 0.1) is 0 Å². The summed E-state index contributed by atoms with van der Waals surface area (Å²) in [5.41, 5.74) is 5.40. The van der Waals surface area contributed by atoms with Gasteiger partial charge in [-0.2, -0.15) is 0 Å². The average molecular weight is 320 g/mol. The van der Waals surface area contributed by atoms with Gasteiger partial charge in [0.25, 0.3) is 0 Å². The van der Waals surface area contributed by atoms with Gasteiger partial charge in [0.1, 0.15) is 4.32 Å². The van der Waals surface area contributed by atoms with Crippen molar-refractivity contribution in [2.45, 2.75) is 77.6 Å². The van der Waals surface area contributed by atoms with E-state index >= 15 is 0 Å². The molecule has 0 aliphatic rings. The van der Waals surface area contributed by atoms with Crippen LogP contribution in [-0.4, -0.2) is 23.3 Å². The van der Waals surface area contributed by atoms with E-state index in [2.05, 4.69) is 6.92 Å². The second kappa shape index (κ2) is 17.3. The van der Waals surface area contributed by atoms with Crippen LogP contribution in [0.1, 0.15) is 77.6 Å². The maximum absolute atomic E-state index is 5.59. The minimum absolute atomic E-state index is 0.541. The van der Waals surface area contributed by atoms with Gasteiger partial charge in [0, 0.05) is 19.0 Å². The first-order valence-electron chi connectivity index (χ1n) is 8.27. The third-order valence-corrected chi connectivity index (χ3v) is 4.45. The first-order valence-corrected chi connectivity index (χ1v) is 9.66. The van der Waals surface area contributed by atoms with Crippen molar-refractivity contribution in [1.29, 1.82) is 0 Å². The molecule has 0 amide bonds. The van der Waals surface area contributed by atoms with Crippen molar-refractivity contribution in [1.82, 2.24) is 0 Å². The predicted molar refractivity (Wildman–Crippen MR) is 96.5 cm³/mol. The molecule has 0 rings (SSSR count). The van der Waals surface area contributed by atoms with Crippen molar-refractivity contribution in [3.63, 3.8) is 0 Å². The summed E-state index contributed by atoms with van der Waals surface area (Å²) in [6.45, 7) is 4.02. The SMILES string of the molecule is CCCCCCCCCCCCOCCCSC(N)=S. The molecule has 0 aromatic carbocycles. The molecular formula is C16H33NOS2. The molecule has 120 valence electrons. The maximum atomic E-state index is 5.59. The number of rotatable bonds is 15. The zero-order valence-corrected chi connectivity index (χ0v) is 14.8. The number of thiocarbonyl (C=S) groups is 1. The van der Waals surface area contributed by atoms with Crippen molar-refractivity contribution in [3.8, 4) is 0 Å². The maximum Gasteiger partial charge on any atom is 0.131 e. The van der Waals surface area contributed by atoms with Crippen LogP contribution in [0.3, 0.4) is 0 Å². The van der Waals surface area contributed by atoms with Crippen LogP contribution in [0.5, 0.6) is 0 Å². The minimum atomic E-state index is 0.541. The number of hydrogen-bond acceptors (Lipinski definition) is 3. The quantitative estimate of drug-likeness (QED) is 0.328. The van der Waals surface area contributed by atoms with E-state index in [0.717, 1.165) is 25.4 Å². The first-order chi connectivity index (χ1) is 9.77. The number of thioether (sulfide) groups is 1. The zero-order valence-electron chi connectivity index (χ0n) is 13.2. The van der Waals surface area contributed by atoms with E-state index in [1.54, 1.807) is 11.8 Å². The lowest BCUT2D eigenvalue weighted by molar-refractivity contribution is 0.131. The Morgan fingerprint density at radius 1 is 0.850 bits per heavy atom. The molecule has 0 unspecified atom stereocenters. The van der Waals surface area contributed by atoms with Gasteiger partial charge in [-0.1, -0.05) is 88.7 Å². The Balaban J connectivity index is 2.94. The van der Waals surface area contributed by atoms with Crippen LogP contribution < -0.4 is 5.73 Å². The number of unbranched alkanes of at least 4 members (excludes halogenated alkanes) is 9. The van der Waals surface area contributed by atoms with Gasteiger partial charge in [0.15, 0.2) is 0 Å². The van der Waals surface area contributed by atoms with Crippen molar-refractivity contribution in [3.05, 3.63) is 0 Å². The molecule has 0 aromatic heterocycles. The minimum Gasteiger partial charge on any atom is -0.385 e. The van der Waals surface area contributed by atoms with E-state index < -0.39 is 0 Å². The summed E-state index contributed by atoms with van der Waals surface area (Å²) in [7, 11) is 0. The molecule has 0 heterocycles. The molecule has 0 fully saturated rings. The van der Waals surface area contributed by atoms with E-state index in [0.29, 0.717) is 4.32 Å². The number of hydrogen-bond donors (Lipinski definition) is 1. The van der Waals surface area contributed by atoms with Gasteiger partial charge in [-0.05, 0) is 12.8 Å². The van der Waals surface area contributed by atoms with Crippen LogP contribution in [-0.2, 0) is 4.74 Å². The Kier molecular flexibility index (Phi) is 17.4. The standard InChI is InChI=1S/C16H33NOS2/c1-2-3-4-5-6-7-8-9-10-11-13-18-14-12-15-20-16(17)19/h2-15H2,1H3,(H2,17,19). The summed E-state index contributed by atoms with van der Waals surface area (Å²) in [5.74, 6) is 0.980. The molecule has 0 spiro atoms. The molecule has 0 saturated heterocycles. The fourth-order valence-corrected chi connectivity index (χ4v) is 2.84. The topological polar surface area (TPSA) is 35.2 Å². The Hall–Kier alpha value is 0.200. The average Bonchev–Trinajstić information content (AvgIpc) is 2.43. The molecule has 0 radical (unpaired) electrons. The lowest BCUT2D eigenvalue weighted by Gasteiger charge is -2.04. The van der Waals surface area contributed by atoms with Crippen LogP contribution >= 0.6 is 24.0 Å². The molecule has 0 bridgehead atoms. The number of ether oxygens (including phenoxy) is 1. The zero-order chi connectivity index (χ0) is 14.9. The van der Waals surface area contributed by atoms with E-state index in [-0.39, 0.29) is 0 Å². The molecule has 0 saturated carbocycles. The van der Waals surface area contributed by atoms with Gasteiger partial charge in [-0.25, -0.2) is 0 Å². The fourth-order valence-electron chi connectivity index (χ4n) is 2.13. The van der Waals surface area contributed by atoms with Crippen LogP contribution in [0.2, 0.25) is 0 Å². The molecule has 20 heavy (non-hydrogen) atoms. The number of nitrogens with two attached hydrogens (primary N) is 1. The molecule has 2 nitrogen and oxygen atoms in total. The lowest BCUT2D eigenvalue weighted by Crippen LogP contribution is -2.04. The summed E-state index contributed by atoms with van der Waals surface area (Å²) >= 11 is 6.34. The van der Waals surface area contributed by atoms with Crippen LogP contribution in [0, 0.1) is 0 Å².